The summed E-state index contributed by atoms with van der Waals surface area (Å²) in [6, 6.07) is 21.3. The van der Waals surface area contributed by atoms with Crippen molar-refractivity contribution in [3.05, 3.63) is 90.3 Å². The van der Waals surface area contributed by atoms with Gasteiger partial charge in [0, 0.05) is 18.8 Å². The third-order valence-corrected chi connectivity index (χ3v) is 7.18. The summed E-state index contributed by atoms with van der Waals surface area (Å²) in [6.45, 7) is 2.85. The minimum absolute atomic E-state index is 0.0427. The number of ether oxygens (including phenoxy) is 1. The molecule has 1 aliphatic heterocycles. The number of nitrogens with one attached hydrogen (secondary N) is 1. The molecule has 0 unspecified atom stereocenters. The van der Waals surface area contributed by atoms with Gasteiger partial charge < -0.3 is 10.1 Å². The van der Waals surface area contributed by atoms with Crippen molar-refractivity contribution in [1.29, 1.82) is 0 Å². The molecule has 1 saturated heterocycles. The van der Waals surface area contributed by atoms with E-state index in [0.29, 0.717) is 29.9 Å². The molecule has 3 aromatic carbocycles. The lowest BCUT2D eigenvalue weighted by Crippen LogP contribution is -2.46. The van der Waals surface area contributed by atoms with E-state index in [4.69, 9.17) is 4.74 Å². The molecule has 0 aliphatic carbocycles. The Kier molecular flexibility index (Phi) is 7.46. The van der Waals surface area contributed by atoms with Gasteiger partial charge in [0.15, 0.2) is 0 Å². The number of anilines is 1. The number of nitrogens with zero attached hydrogens (tertiary/aromatic N) is 8. The van der Waals surface area contributed by atoms with E-state index in [1.165, 1.54) is 11.2 Å². The van der Waals surface area contributed by atoms with Crippen LogP contribution in [0.1, 0.15) is 30.0 Å². The minimum Gasteiger partial charge on any atom is -0.376 e. The largest absolute Gasteiger partial charge is 0.376 e. The standard InChI is InChI=1S/C29H29N9O3/c1-20-16-22(13-14-25(20)37-19-31-33-35-37)38(27(39)18-36-26-12-6-5-11-24(26)32-34-36)28(21-8-3-2-4-9-21)29(40)30-17-23-10-7-15-41-23/h2-6,8-9,11-14,16,19,23,28H,7,10,15,17-18H2,1H3,(H,30,40)/t23-,28-/m0/s1. The molecular weight excluding hydrogens is 522 g/mol. The second-order valence-electron chi connectivity index (χ2n) is 9.92. The third-order valence-electron chi connectivity index (χ3n) is 7.18. The predicted molar refractivity (Wildman–Crippen MR) is 150 cm³/mol. The van der Waals surface area contributed by atoms with Gasteiger partial charge in [-0.3, -0.25) is 14.5 Å². The molecule has 12 heteroatoms. The van der Waals surface area contributed by atoms with Crippen molar-refractivity contribution in [2.45, 2.75) is 38.5 Å². The Labute approximate surface area is 235 Å². The monoisotopic (exact) mass is 551 g/mol. The second kappa shape index (κ2) is 11.6. The molecule has 2 amide bonds. The summed E-state index contributed by atoms with van der Waals surface area (Å²) in [4.78, 5) is 29.7. The van der Waals surface area contributed by atoms with E-state index >= 15 is 0 Å². The Bertz CT molecular complexity index is 1650. The van der Waals surface area contributed by atoms with Crippen LogP contribution in [0.15, 0.2) is 79.1 Å². The number of benzene rings is 3. The lowest BCUT2D eigenvalue weighted by atomic mass is 10.0. The van der Waals surface area contributed by atoms with Gasteiger partial charge in [0.1, 0.15) is 24.4 Å². The molecule has 0 bridgehead atoms. The number of hydrogen-bond acceptors (Lipinski definition) is 8. The molecule has 208 valence electrons. The van der Waals surface area contributed by atoms with Crippen LogP contribution in [0.3, 0.4) is 0 Å². The van der Waals surface area contributed by atoms with E-state index in [1.807, 2.05) is 73.7 Å². The number of aryl methyl sites for hydroxylation is 1. The van der Waals surface area contributed by atoms with E-state index in [-0.39, 0.29) is 24.5 Å². The third kappa shape index (κ3) is 5.54. The Morgan fingerprint density at radius 1 is 1.07 bits per heavy atom. The molecule has 41 heavy (non-hydrogen) atoms. The Morgan fingerprint density at radius 3 is 2.66 bits per heavy atom. The summed E-state index contributed by atoms with van der Waals surface area (Å²) in [5, 5.41) is 22.9. The quantitative estimate of drug-likeness (QED) is 0.296. The SMILES string of the molecule is Cc1cc(N(C(=O)Cn2nnc3ccccc32)[C@H](C(=O)NC[C@@H]2CCCO2)c2ccccc2)ccc1-n1cnnn1. The number of carbonyl (C=O) groups is 2. The highest BCUT2D eigenvalue weighted by Gasteiger charge is 2.34. The topological polar surface area (TPSA) is 133 Å². The van der Waals surface area contributed by atoms with Crippen LogP contribution in [0.4, 0.5) is 5.69 Å². The van der Waals surface area contributed by atoms with Gasteiger partial charge in [-0.05, 0) is 71.7 Å². The van der Waals surface area contributed by atoms with E-state index in [1.54, 1.807) is 15.4 Å². The van der Waals surface area contributed by atoms with Crippen molar-refractivity contribution in [2.24, 2.45) is 0 Å². The first-order chi connectivity index (χ1) is 20.1. The highest BCUT2D eigenvalue weighted by atomic mass is 16.5. The molecular formula is C29H29N9O3. The van der Waals surface area contributed by atoms with Gasteiger partial charge in [-0.2, -0.15) is 0 Å². The van der Waals surface area contributed by atoms with Crippen molar-refractivity contribution < 1.29 is 14.3 Å². The number of amides is 2. The smallest absolute Gasteiger partial charge is 0.249 e. The van der Waals surface area contributed by atoms with Crippen molar-refractivity contribution >= 4 is 28.5 Å². The Balaban J connectivity index is 1.41. The van der Waals surface area contributed by atoms with Crippen LogP contribution in [-0.4, -0.2) is 66.3 Å². The molecule has 1 fully saturated rings. The second-order valence-corrected chi connectivity index (χ2v) is 9.92. The van der Waals surface area contributed by atoms with E-state index in [9.17, 15) is 9.59 Å². The van der Waals surface area contributed by atoms with Gasteiger partial charge in [-0.25, -0.2) is 9.36 Å². The molecule has 12 nitrogen and oxygen atoms in total. The number of aromatic nitrogens is 7. The fourth-order valence-electron chi connectivity index (χ4n) is 5.16. The summed E-state index contributed by atoms with van der Waals surface area (Å²) >= 11 is 0. The minimum atomic E-state index is -0.946. The van der Waals surface area contributed by atoms with Gasteiger partial charge in [0.25, 0.3) is 0 Å². The lowest BCUT2D eigenvalue weighted by molar-refractivity contribution is -0.127. The molecule has 0 radical (unpaired) electrons. The summed E-state index contributed by atoms with van der Waals surface area (Å²) in [5.74, 6) is -0.623. The summed E-state index contributed by atoms with van der Waals surface area (Å²) in [7, 11) is 0. The van der Waals surface area contributed by atoms with Crippen LogP contribution in [0.5, 0.6) is 0 Å². The zero-order valence-corrected chi connectivity index (χ0v) is 22.5. The molecule has 3 heterocycles. The molecule has 1 N–H and O–H groups in total. The van der Waals surface area contributed by atoms with Crippen LogP contribution >= 0.6 is 0 Å². The normalized spacial score (nSPS) is 15.6. The van der Waals surface area contributed by atoms with Crippen LogP contribution in [0, 0.1) is 6.92 Å². The maximum absolute atomic E-state index is 14.3. The first-order valence-electron chi connectivity index (χ1n) is 13.5. The summed E-state index contributed by atoms with van der Waals surface area (Å²) in [6.07, 6.45) is 3.31. The molecule has 5 aromatic rings. The predicted octanol–water partition coefficient (Wildman–Crippen LogP) is 2.79. The highest BCUT2D eigenvalue weighted by molar-refractivity contribution is 6.01. The van der Waals surface area contributed by atoms with Gasteiger partial charge in [0.2, 0.25) is 11.8 Å². The fraction of sp³-hybridized carbons (Fsp3) is 0.276. The fourth-order valence-corrected chi connectivity index (χ4v) is 5.16. The van der Waals surface area contributed by atoms with Crippen molar-refractivity contribution in [1.82, 2.24) is 40.5 Å². The Hall–Kier alpha value is -4.97. The average molecular weight is 552 g/mol. The maximum atomic E-state index is 14.3. The number of tetrazole rings is 1. The van der Waals surface area contributed by atoms with E-state index in [2.05, 4.69) is 31.2 Å². The van der Waals surface area contributed by atoms with E-state index in [0.717, 1.165) is 29.6 Å². The average Bonchev–Trinajstić information content (AvgIpc) is 3.78. The van der Waals surface area contributed by atoms with Crippen LogP contribution in [0.25, 0.3) is 16.7 Å². The molecule has 6 rings (SSSR count). The summed E-state index contributed by atoms with van der Waals surface area (Å²) < 4.78 is 8.83. The van der Waals surface area contributed by atoms with Gasteiger partial charge in [0.05, 0.1) is 17.3 Å². The number of fused-ring (bicyclic) bond motifs is 1. The molecule has 2 atom stereocenters. The summed E-state index contributed by atoms with van der Waals surface area (Å²) in [5.41, 5.74) is 4.22. The first kappa shape index (κ1) is 26.3. The van der Waals surface area contributed by atoms with E-state index < -0.39 is 6.04 Å². The first-order valence-corrected chi connectivity index (χ1v) is 13.5. The molecule has 1 aliphatic rings. The van der Waals surface area contributed by atoms with Gasteiger partial charge in [-0.1, -0.05) is 47.7 Å². The maximum Gasteiger partial charge on any atom is 0.249 e. The number of para-hydroxylation sites is 1. The zero-order chi connectivity index (χ0) is 28.2. The van der Waals surface area contributed by atoms with Crippen LogP contribution < -0.4 is 10.2 Å². The van der Waals surface area contributed by atoms with Crippen molar-refractivity contribution in [2.75, 3.05) is 18.1 Å². The lowest BCUT2D eigenvalue weighted by Gasteiger charge is -2.32. The Morgan fingerprint density at radius 2 is 1.90 bits per heavy atom. The van der Waals surface area contributed by atoms with Crippen molar-refractivity contribution in [3.8, 4) is 5.69 Å². The number of carbonyl (C=O) groups excluding carboxylic acids is 2. The molecule has 0 spiro atoms. The van der Waals surface area contributed by atoms with Gasteiger partial charge in [-0.15, -0.1) is 10.2 Å². The number of rotatable bonds is 9. The van der Waals surface area contributed by atoms with Gasteiger partial charge >= 0.3 is 0 Å². The number of hydrogen-bond donors (Lipinski definition) is 1. The zero-order valence-electron chi connectivity index (χ0n) is 22.5. The van der Waals surface area contributed by atoms with Crippen LogP contribution in [0.2, 0.25) is 0 Å². The molecule has 2 aromatic heterocycles. The molecule has 0 saturated carbocycles. The van der Waals surface area contributed by atoms with Crippen molar-refractivity contribution in [3.63, 3.8) is 0 Å². The van der Waals surface area contributed by atoms with Crippen LogP contribution in [-0.2, 0) is 20.9 Å². The highest BCUT2D eigenvalue weighted by Crippen LogP contribution is 2.31.